The van der Waals surface area contributed by atoms with Gasteiger partial charge in [0.1, 0.15) is 5.82 Å². The zero-order valence-corrected chi connectivity index (χ0v) is 14.9. The molecule has 0 radical (unpaired) electrons. The Balaban J connectivity index is 1.62. The van der Waals surface area contributed by atoms with Crippen molar-refractivity contribution >= 4 is 22.8 Å². The van der Waals surface area contributed by atoms with Gasteiger partial charge in [0.25, 0.3) is 5.56 Å². The Labute approximate surface area is 151 Å². The second-order valence-electron chi connectivity index (χ2n) is 6.46. The summed E-state index contributed by atoms with van der Waals surface area (Å²) in [6.45, 7) is 3.18. The fourth-order valence-corrected chi connectivity index (χ4v) is 3.29. The van der Waals surface area contributed by atoms with Crippen LogP contribution in [0.5, 0.6) is 0 Å². The van der Waals surface area contributed by atoms with Crippen LogP contribution in [-0.2, 0) is 20.7 Å². The number of hydrogen-bond acceptors (Lipinski definition) is 5. The first-order valence-electron chi connectivity index (χ1n) is 9.01. The quantitative estimate of drug-likeness (QED) is 0.822. The van der Waals surface area contributed by atoms with E-state index < -0.39 is 0 Å². The maximum absolute atomic E-state index is 12.5. The molecule has 1 aromatic heterocycles. The van der Waals surface area contributed by atoms with Crippen molar-refractivity contribution in [1.82, 2.24) is 14.9 Å². The number of nitrogens with one attached hydrogen (secondary N) is 1. The van der Waals surface area contributed by atoms with E-state index in [1.54, 1.807) is 30.0 Å². The highest BCUT2D eigenvalue weighted by atomic mass is 16.5. The van der Waals surface area contributed by atoms with E-state index in [2.05, 4.69) is 9.97 Å². The molecule has 1 aliphatic rings. The Morgan fingerprint density at radius 1 is 1.35 bits per heavy atom. The van der Waals surface area contributed by atoms with Crippen molar-refractivity contribution in [2.45, 2.75) is 32.6 Å². The van der Waals surface area contributed by atoms with Crippen LogP contribution in [-0.4, -0.2) is 46.4 Å². The molecule has 26 heavy (non-hydrogen) atoms. The van der Waals surface area contributed by atoms with E-state index >= 15 is 0 Å². The molecule has 1 amide bonds. The van der Waals surface area contributed by atoms with Gasteiger partial charge in [-0.05, 0) is 31.9 Å². The molecule has 1 N–H and O–H groups in total. The smallest absolute Gasteiger partial charge is 0.310 e. The summed E-state index contributed by atoms with van der Waals surface area (Å²) >= 11 is 0. The normalized spacial score (nSPS) is 17.3. The molecule has 0 bridgehead atoms. The molecule has 0 spiro atoms. The second kappa shape index (κ2) is 8.12. The van der Waals surface area contributed by atoms with Crippen molar-refractivity contribution in [3.63, 3.8) is 0 Å². The highest BCUT2D eigenvalue weighted by Gasteiger charge is 2.29. The molecular weight excluding hydrogens is 334 g/mol. The maximum atomic E-state index is 12.5. The molecule has 7 heteroatoms. The minimum atomic E-state index is -0.244. The number of aromatic amines is 1. The third kappa shape index (κ3) is 4.09. The lowest BCUT2D eigenvalue weighted by Gasteiger charge is -2.31. The SMILES string of the molecule is CCOC(=O)C1CCCN(C(=O)CCc2nc3ccccc3c(=O)[nH]2)C1. The number of amides is 1. The average molecular weight is 357 g/mol. The topological polar surface area (TPSA) is 92.4 Å². The number of ether oxygens (including phenoxy) is 1. The van der Waals surface area contributed by atoms with Crippen LogP contribution in [0, 0.1) is 5.92 Å². The van der Waals surface area contributed by atoms with Crippen molar-refractivity contribution in [2.75, 3.05) is 19.7 Å². The molecule has 0 saturated carbocycles. The van der Waals surface area contributed by atoms with Crippen molar-refractivity contribution in [3.8, 4) is 0 Å². The lowest BCUT2D eigenvalue weighted by Crippen LogP contribution is -2.43. The number of likely N-dealkylation sites (tertiary alicyclic amines) is 1. The van der Waals surface area contributed by atoms with Gasteiger partial charge in [-0.3, -0.25) is 14.4 Å². The molecule has 2 heterocycles. The lowest BCUT2D eigenvalue weighted by atomic mass is 9.98. The lowest BCUT2D eigenvalue weighted by molar-refractivity contribution is -0.151. The van der Waals surface area contributed by atoms with Gasteiger partial charge in [0.05, 0.1) is 23.4 Å². The van der Waals surface area contributed by atoms with E-state index in [-0.39, 0.29) is 29.8 Å². The minimum Gasteiger partial charge on any atom is -0.466 e. The molecular formula is C19H23N3O4. The molecule has 1 fully saturated rings. The van der Waals surface area contributed by atoms with Gasteiger partial charge in [-0.15, -0.1) is 0 Å². The summed E-state index contributed by atoms with van der Waals surface area (Å²) < 4.78 is 5.07. The number of aromatic nitrogens is 2. The van der Waals surface area contributed by atoms with Crippen molar-refractivity contribution in [3.05, 3.63) is 40.4 Å². The number of rotatable bonds is 5. The fraction of sp³-hybridized carbons (Fsp3) is 0.474. The van der Waals surface area contributed by atoms with Crippen LogP contribution in [0.1, 0.15) is 32.0 Å². The third-order valence-corrected chi connectivity index (χ3v) is 4.63. The largest absolute Gasteiger partial charge is 0.466 e. The molecule has 0 aliphatic carbocycles. The summed E-state index contributed by atoms with van der Waals surface area (Å²) in [7, 11) is 0. The first kappa shape index (κ1) is 18.1. The van der Waals surface area contributed by atoms with Gasteiger partial charge >= 0.3 is 5.97 Å². The molecule has 3 rings (SSSR count). The standard InChI is InChI=1S/C19H23N3O4/c1-2-26-19(25)13-6-5-11-22(12-13)17(23)10-9-16-20-15-8-4-3-7-14(15)18(24)21-16/h3-4,7-8,13H,2,5-6,9-12H2,1H3,(H,20,21,24). The van der Waals surface area contributed by atoms with Crippen LogP contribution in [0.4, 0.5) is 0 Å². The van der Waals surface area contributed by atoms with E-state index in [1.807, 2.05) is 6.07 Å². The number of esters is 1. The van der Waals surface area contributed by atoms with E-state index in [0.717, 1.165) is 12.8 Å². The van der Waals surface area contributed by atoms with E-state index in [9.17, 15) is 14.4 Å². The van der Waals surface area contributed by atoms with Crippen LogP contribution in [0.3, 0.4) is 0 Å². The molecule has 1 unspecified atom stereocenters. The maximum Gasteiger partial charge on any atom is 0.310 e. The van der Waals surface area contributed by atoms with Crippen LogP contribution in [0.15, 0.2) is 29.1 Å². The van der Waals surface area contributed by atoms with Gasteiger partial charge in [0, 0.05) is 25.9 Å². The van der Waals surface area contributed by atoms with Crippen LogP contribution in [0.25, 0.3) is 10.9 Å². The Hall–Kier alpha value is -2.70. The minimum absolute atomic E-state index is 0.0326. The summed E-state index contributed by atoms with van der Waals surface area (Å²) in [5.74, 6) is -0.00687. The summed E-state index contributed by atoms with van der Waals surface area (Å²) in [4.78, 5) is 45.4. The van der Waals surface area contributed by atoms with E-state index in [4.69, 9.17) is 4.74 Å². The number of nitrogens with zero attached hydrogens (tertiary/aromatic N) is 2. The van der Waals surface area contributed by atoms with Gasteiger partial charge in [0.15, 0.2) is 0 Å². The first-order valence-corrected chi connectivity index (χ1v) is 9.01. The van der Waals surface area contributed by atoms with Crippen LogP contribution in [0.2, 0.25) is 0 Å². The van der Waals surface area contributed by atoms with Gasteiger partial charge in [0.2, 0.25) is 5.91 Å². The summed E-state index contributed by atoms with van der Waals surface area (Å²) in [5, 5.41) is 0.538. The highest BCUT2D eigenvalue weighted by molar-refractivity contribution is 5.79. The predicted molar refractivity (Wildman–Crippen MR) is 96.6 cm³/mol. The van der Waals surface area contributed by atoms with E-state index in [1.165, 1.54) is 0 Å². The van der Waals surface area contributed by atoms with Crippen molar-refractivity contribution in [1.29, 1.82) is 0 Å². The number of fused-ring (bicyclic) bond motifs is 1. The zero-order chi connectivity index (χ0) is 18.5. The molecule has 1 aliphatic heterocycles. The van der Waals surface area contributed by atoms with Crippen molar-refractivity contribution < 1.29 is 14.3 Å². The fourth-order valence-electron chi connectivity index (χ4n) is 3.29. The molecule has 2 aromatic rings. The number of H-pyrrole nitrogens is 1. The second-order valence-corrected chi connectivity index (χ2v) is 6.46. The average Bonchev–Trinajstić information content (AvgIpc) is 2.66. The Bertz CT molecular complexity index is 861. The predicted octanol–water partition coefficient (Wildman–Crippen LogP) is 1.66. The number of benzene rings is 1. The number of piperidine rings is 1. The Morgan fingerprint density at radius 2 is 2.15 bits per heavy atom. The monoisotopic (exact) mass is 357 g/mol. The van der Waals surface area contributed by atoms with Gasteiger partial charge in [-0.2, -0.15) is 0 Å². The Kier molecular flexibility index (Phi) is 5.65. The van der Waals surface area contributed by atoms with Gasteiger partial charge in [-0.25, -0.2) is 4.98 Å². The van der Waals surface area contributed by atoms with Gasteiger partial charge in [-0.1, -0.05) is 12.1 Å². The number of para-hydroxylation sites is 1. The highest BCUT2D eigenvalue weighted by Crippen LogP contribution is 2.19. The van der Waals surface area contributed by atoms with Crippen molar-refractivity contribution in [2.24, 2.45) is 5.92 Å². The van der Waals surface area contributed by atoms with E-state index in [0.29, 0.717) is 42.8 Å². The summed E-state index contributed by atoms with van der Waals surface area (Å²) in [6, 6.07) is 7.12. The summed E-state index contributed by atoms with van der Waals surface area (Å²) in [5.41, 5.74) is 0.428. The number of hydrogen-bond donors (Lipinski definition) is 1. The third-order valence-electron chi connectivity index (χ3n) is 4.63. The molecule has 138 valence electrons. The van der Waals surface area contributed by atoms with Crippen LogP contribution >= 0.6 is 0 Å². The molecule has 7 nitrogen and oxygen atoms in total. The number of carbonyl (C=O) groups is 2. The Morgan fingerprint density at radius 3 is 2.96 bits per heavy atom. The molecule has 1 atom stereocenters. The molecule has 1 aromatic carbocycles. The van der Waals surface area contributed by atoms with Gasteiger partial charge < -0.3 is 14.6 Å². The number of aryl methyl sites for hydroxylation is 1. The molecule has 1 saturated heterocycles. The number of carbonyl (C=O) groups excluding carboxylic acids is 2. The zero-order valence-electron chi connectivity index (χ0n) is 14.9. The first-order chi connectivity index (χ1) is 12.6. The summed E-state index contributed by atoms with van der Waals surface area (Å²) in [6.07, 6.45) is 2.15. The van der Waals surface area contributed by atoms with Crippen LogP contribution < -0.4 is 5.56 Å².